The molecule has 3 aromatic carbocycles. The number of aromatic nitrogens is 1. The highest BCUT2D eigenvalue weighted by Gasteiger charge is 2.18. The van der Waals surface area contributed by atoms with Crippen molar-refractivity contribution < 1.29 is 19.0 Å². The van der Waals surface area contributed by atoms with Gasteiger partial charge in [0.15, 0.2) is 11.5 Å². The van der Waals surface area contributed by atoms with E-state index >= 15 is 0 Å². The smallest absolute Gasteiger partial charge is 0.231 e. The van der Waals surface area contributed by atoms with Crippen molar-refractivity contribution in [2.24, 2.45) is 5.16 Å². The van der Waals surface area contributed by atoms with E-state index < -0.39 is 0 Å². The molecule has 6 nitrogen and oxygen atoms in total. The van der Waals surface area contributed by atoms with Crippen LogP contribution < -0.4 is 14.2 Å². The van der Waals surface area contributed by atoms with Crippen LogP contribution in [0.2, 0.25) is 5.02 Å². The molecule has 0 fully saturated rings. The van der Waals surface area contributed by atoms with Gasteiger partial charge in [0.2, 0.25) is 6.79 Å². The largest absolute Gasteiger partial charge is 0.497 e. The zero-order chi connectivity index (χ0) is 24.4. The lowest BCUT2D eigenvalue weighted by atomic mass is 10.1. The van der Waals surface area contributed by atoms with Crippen LogP contribution in [-0.2, 0) is 11.4 Å². The average Bonchev–Trinajstić information content (AvgIpc) is 3.48. The zero-order valence-electron chi connectivity index (χ0n) is 19.7. The van der Waals surface area contributed by atoms with Crippen molar-refractivity contribution in [3.05, 3.63) is 94.6 Å². The molecule has 0 aliphatic carbocycles. The van der Waals surface area contributed by atoms with E-state index in [-0.39, 0.29) is 6.79 Å². The van der Waals surface area contributed by atoms with Gasteiger partial charge in [0.1, 0.15) is 12.4 Å². The van der Waals surface area contributed by atoms with Crippen LogP contribution in [0.25, 0.3) is 16.9 Å². The molecule has 0 radical (unpaired) electrons. The number of oxime groups is 1. The Balaban J connectivity index is 1.48. The summed E-state index contributed by atoms with van der Waals surface area (Å²) in [4.78, 5) is 5.71. The second-order valence-electron chi connectivity index (χ2n) is 8.21. The molecule has 0 saturated heterocycles. The molecule has 178 valence electrons. The Morgan fingerprint density at radius 3 is 2.66 bits per heavy atom. The first-order chi connectivity index (χ1) is 17.0. The number of benzene rings is 3. The van der Waals surface area contributed by atoms with Crippen LogP contribution in [0.5, 0.6) is 17.2 Å². The van der Waals surface area contributed by atoms with Crippen molar-refractivity contribution in [2.45, 2.75) is 20.5 Å². The number of hydrogen-bond donors (Lipinski definition) is 0. The lowest BCUT2D eigenvalue weighted by molar-refractivity contribution is 0.130. The first-order valence-corrected chi connectivity index (χ1v) is 11.6. The number of ether oxygens (including phenoxy) is 3. The Labute approximate surface area is 209 Å². The summed E-state index contributed by atoms with van der Waals surface area (Å²) in [6, 6.07) is 23.6. The van der Waals surface area contributed by atoms with E-state index in [0.717, 1.165) is 56.7 Å². The molecule has 1 aromatic heterocycles. The van der Waals surface area contributed by atoms with E-state index in [9.17, 15) is 0 Å². The van der Waals surface area contributed by atoms with Crippen LogP contribution in [0.3, 0.4) is 0 Å². The van der Waals surface area contributed by atoms with E-state index in [1.807, 2.05) is 67.6 Å². The molecule has 0 saturated carbocycles. The third-order valence-electron chi connectivity index (χ3n) is 5.94. The predicted molar refractivity (Wildman–Crippen MR) is 137 cm³/mol. The summed E-state index contributed by atoms with van der Waals surface area (Å²) in [6.07, 6.45) is 0. The summed E-state index contributed by atoms with van der Waals surface area (Å²) in [7, 11) is 1.67. The van der Waals surface area contributed by atoms with Crippen molar-refractivity contribution >= 4 is 17.3 Å². The molecule has 1 aliphatic rings. The van der Waals surface area contributed by atoms with Gasteiger partial charge in [-0.2, -0.15) is 0 Å². The van der Waals surface area contributed by atoms with Gasteiger partial charge in [-0.3, -0.25) is 0 Å². The maximum atomic E-state index is 6.33. The molecule has 2 heterocycles. The summed E-state index contributed by atoms with van der Waals surface area (Å²) >= 11 is 6.33. The van der Waals surface area contributed by atoms with Gasteiger partial charge in [0, 0.05) is 27.5 Å². The molecule has 0 unspecified atom stereocenters. The van der Waals surface area contributed by atoms with Crippen LogP contribution in [0, 0.1) is 6.92 Å². The number of hydrogen-bond acceptors (Lipinski definition) is 5. The predicted octanol–water partition coefficient (Wildman–Crippen LogP) is 6.78. The molecular weight excluding hydrogens is 464 g/mol. The Morgan fingerprint density at radius 1 is 1.00 bits per heavy atom. The molecule has 35 heavy (non-hydrogen) atoms. The minimum Gasteiger partial charge on any atom is -0.497 e. The Hall–Kier alpha value is -3.90. The van der Waals surface area contributed by atoms with Gasteiger partial charge < -0.3 is 23.6 Å². The summed E-state index contributed by atoms with van der Waals surface area (Å²) in [5, 5.41) is 5.09. The molecule has 7 heteroatoms. The van der Waals surface area contributed by atoms with Crippen LogP contribution in [0.15, 0.2) is 78.0 Å². The second-order valence-corrected chi connectivity index (χ2v) is 8.65. The van der Waals surface area contributed by atoms with Crippen molar-refractivity contribution in [3.63, 3.8) is 0 Å². The second kappa shape index (κ2) is 9.76. The molecule has 0 amide bonds. The summed E-state index contributed by atoms with van der Waals surface area (Å²) < 4.78 is 18.4. The maximum absolute atomic E-state index is 6.33. The van der Waals surface area contributed by atoms with Gasteiger partial charge in [-0.1, -0.05) is 41.0 Å². The van der Waals surface area contributed by atoms with Crippen LogP contribution in [0.4, 0.5) is 0 Å². The van der Waals surface area contributed by atoms with E-state index in [0.29, 0.717) is 11.6 Å². The third-order valence-corrected chi connectivity index (χ3v) is 6.17. The highest BCUT2D eigenvalue weighted by molar-refractivity contribution is 6.30. The van der Waals surface area contributed by atoms with E-state index in [2.05, 4.69) is 28.8 Å². The standard InChI is InChI=1S/C28H25ClN2O4/c1-18(30-35-16-20-10-11-27-28(12-20)34-17-33-27)25-15-26(21-6-4-9-24(13-21)32-3)31(19(25)2)23-8-5-7-22(29)14-23/h4-15H,16-17H2,1-3H3/b30-18-. The van der Waals surface area contributed by atoms with E-state index in [1.165, 1.54) is 0 Å². The fourth-order valence-corrected chi connectivity index (χ4v) is 4.38. The van der Waals surface area contributed by atoms with E-state index in [1.54, 1.807) is 7.11 Å². The number of nitrogens with zero attached hydrogens (tertiary/aromatic N) is 2. The SMILES string of the molecule is COc1cccc(-c2cc(/C(C)=N\OCc3ccc4c(c3)OCO4)c(C)n2-c2cccc(Cl)c2)c1. The molecule has 0 atom stereocenters. The molecule has 1 aliphatic heterocycles. The zero-order valence-corrected chi connectivity index (χ0v) is 20.5. The van der Waals surface area contributed by atoms with Gasteiger partial charge in [-0.15, -0.1) is 0 Å². The molecule has 4 aromatic rings. The lowest BCUT2D eigenvalue weighted by Crippen LogP contribution is -2.02. The van der Waals surface area contributed by atoms with Crippen LogP contribution in [-0.4, -0.2) is 24.2 Å². The Bertz CT molecular complexity index is 1410. The van der Waals surface area contributed by atoms with Crippen molar-refractivity contribution in [1.29, 1.82) is 0 Å². The normalized spacial score (nSPS) is 12.6. The first-order valence-electron chi connectivity index (χ1n) is 11.2. The van der Waals surface area contributed by atoms with Crippen LogP contribution >= 0.6 is 11.6 Å². The van der Waals surface area contributed by atoms with Crippen LogP contribution in [0.1, 0.15) is 23.7 Å². The highest BCUT2D eigenvalue weighted by Crippen LogP contribution is 2.34. The molecular formula is C28H25ClN2O4. The average molecular weight is 489 g/mol. The lowest BCUT2D eigenvalue weighted by Gasteiger charge is -2.13. The number of methoxy groups -OCH3 is 1. The minimum absolute atomic E-state index is 0.245. The summed E-state index contributed by atoms with van der Waals surface area (Å²) in [5.74, 6) is 2.26. The van der Waals surface area contributed by atoms with Crippen molar-refractivity contribution in [3.8, 4) is 34.2 Å². The fourth-order valence-electron chi connectivity index (χ4n) is 4.20. The summed E-state index contributed by atoms with van der Waals surface area (Å²) in [6.45, 7) is 4.58. The van der Waals surface area contributed by atoms with Gasteiger partial charge in [-0.25, -0.2) is 0 Å². The Morgan fingerprint density at radius 2 is 1.83 bits per heavy atom. The summed E-state index contributed by atoms with van der Waals surface area (Å²) in [5.41, 5.74) is 6.72. The van der Waals surface area contributed by atoms with E-state index in [4.69, 9.17) is 30.6 Å². The topological polar surface area (TPSA) is 54.2 Å². The number of fused-ring (bicyclic) bond motifs is 1. The van der Waals surface area contributed by atoms with Crippen molar-refractivity contribution in [2.75, 3.05) is 13.9 Å². The Kier molecular flexibility index (Phi) is 6.38. The van der Waals surface area contributed by atoms with Gasteiger partial charge in [0.25, 0.3) is 0 Å². The quantitative estimate of drug-likeness (QED) is 0.212. The third kappa shape index (κ3) is 4.70. The molecule has 0 spiro atoms. The van der Waals surface area contributed by atoms with Crippen molar-refractivity contribution in [1.82, 2.24) is 4.57 Å². The molecule has 0 bridgehead atoms. The van der Waals surface area contributed by atoms with Gasteiger partial charge >= 0.3 is 0 Å². The first kappa shape index (κ1) is 22.9. The molecule has 0 N–H and O–H groups in total. The number of rotatable bonds is 7. The van der Waals surface area contributed by atoms with Gasteiger partial charge in [0.05, 0.1) is 18.5 Å². The minimum atomic E-state index is 0.245. The van der Waals surface area contributed by atoms with Gasteiger partial charge in [-0.05, 0) is 67.9 Å². The molecule has 5 rings (SSSR count). The highest BCUT2D eigenvalue weighted by atomic mass is 35.5. The number of halogens is 1. The maximum Gasteiger partial charge on any atom is 0.231 e. The fraction of sp³-hybridized carbons (Fsp3) is 0.179. The monoisotopic (exact) mass is 488 g/mol.